The third-order valence-electron chi connectivity index (χ3n) is 9.78. The molecule has 2 amide bonds. The molecule has 4 atom stereocenters. The first-order chi connectivity index (χ1) is 37.6. The summed E-state index contributed by atoms with van der Waals surface area (Å²) in [6.07, 6.45) is -0.736. The van der Waals surface area contributed by atoms with E-state index in [0.29, 0.717) is 36.2 Å². The number of aldehydes is 4. The summed E-state index contributed by atoms with van der Waals surface area (Å²) in [7, 11) is 7.06. The number of hydrogen-bond donors (Lipinski definition) is 14. The van der Waals surface area contributed by atoms with Crippen LogP contribution in [0.2, 0.25) is 0 Å². The SMILES string of the molecule is CC.CC.CC.CC.CC.CC.CNCC(O)CO.CNCC(O)CO.CNc1c(C)c(C)c(C)c(C=O)c1C.CNc1c(C)c(C=O)c(C)c(C(=O)N(CCO)CCN(C=O)CCO)c1C.O=CC(O)CO.O=CC(O)CO. The number of nitrogens with zero attached hydrogens (tertiary/aromatic N) is 2. The lowest BCUT2D eigenvalue weighted by Crippen LogP contribution is -2.41. The van der Waals surface area contributed by atoms with Crippen LogP contribution in [0, 0.1) is 48.5 Å². The van der Waals surface area contributed by atoms with E-state index in [2.05, 4.69) is 35.1 Å². The first kappa shape index (κ1) is 96.4. The maximum absolute atomic E-state index is 13.2. The molecule has 0 aromatic heterocycles. The van der Waals surface area contributed by atoms with E-state index in [1.165, 1.54) is 20.9 Å². The fraction of sp³-hybridized carbons (Fsp3) is 0.684. The van der Waals surface area contributed by atoms with Crippen molar-refractivity contribution >= 4 is 48.8 Å². The second-order valence-corrected chi connectivity index (χ2v) is 14.5. The fourth-order valence-electron chi connectivity index (χ4n) is 5.91. The molecule has 79 heavy (non-hydrogen) atoms. The number of hydrogen-bond acceptors (Lipinski definition) is 20. The quantitative estimate of drug-likeness (QED) is 0.0708. The molecule has 0 bridgehead atoms. The lowest BCUT2D eigenvalue weighted by atomic mass is 9.91. The van der Waals surface area contributed by atoms with Crippen molar-refractivity contribution in [1.82, 2.24) is 20.4 Å². The number of rotatable bonds is 23. The van der Waals surface area contributed by atoms with Gasteiger partial charge in [0.2, 0.25) is 6.41 Å². The summed E-state index contributed by atoms with van der Waals surface area (Å²) in [5, 5.41) is 95.2. The molecule has 4 unspecified atom stereocenters. The van der Waals surface area contributed by atoms with Crippen LogP contribution in [0.3, 0.4) is 0 Å². The third-order valence-corrected chi connectivity index (χ3v) is 9.78. The monoisotopic (exact) mass is 1140 g/mol. The van der Waals surface area contributed by atoms with Gasteiger partial charge in [0.15, 0.2) is 25.1 Å². The summed E-state index contributed by atoms with van der Waals surface area (Å²) in [6.45, 7) is 37.4. The lowest BCUT2D eigenvalue weighted by Gasteiger charge is -2.27. The maximum atomic E-state index is 13.2. The molecule has 0 aliphatic heterocycles. The average Bonchev–Trinajstić information content (AvgIpc) is 3.49. The molecule has 0 heterocycles. The number of carbonyl (C=O) groups excluding carboxylic acids is 6. The van der Waals surface area contributed by atoms with Gasteiger partial charge >= 0.3 is 0 Å². The van der Waals surface area contributed by atoms with Gasteiger partial charge in [-0.3, -0.25) is 19.2 Å². The molecule has 0 fully saturated rings. The van der Waals surface area contributed by atoms with Crippen molar-refractivity contribution in [2.24, 2.45) is 0 Å². The van der Waals surface area contributed by atoms with Crippen LogP contribution < -0.4 is 21.3 Å². The number of aliphatic hydroxyl groups excluding tert-OH is 10. The minimum absolute atomic E-state index is 0.0999. The average molecular weight is 1140 g/mol. The summed E-state index contributed by atoms with van der Waals surface area (Å²) in [6, 6.07) is 0. The van der Waals surface area contributed by atoms with E-state index in [0.717, 1.165) is 51.8 Å². The molecule has 0 saturated heterocycles. The van der Waals surface area contributed by atoms with Crippen molar-refractivity contribution in [3.63, 3.8) is 0 Å². The van der Waals surface area contributed by atoms with E-state index in [-0.39, 0.29) is 71.1 Å². The molecule has 22 nitrogen and oxygen atoms in total. The molecule has 2 aromatic carbocycles. The number of anilines is 2. The van der Waals surface area contributed by atoms with Gasteiger partial charge in [-0.2, -0.15) is 0 Å². The summed E-state index contributed by atoms with van der Waals surface area (Å²) < 4.78 is 0. The predicted molar refractivity (Wildman–Crippen MR) is 324 cm³/mol. The van der Waals surface area contributed by atoms with Crippen molar-refractivity contribution in [3.05, 3.63) is 55.6 Å². The Labute approximate surface area is 477 Å². The highest BCUT2D eigenvalue weighted by molar-refractivity contribution is 6.02. The van der Waals surface area contributed by atoms with E-state index in [1.807, 2.05) is 118 Å². The van der Waals surface area contributed by atoms with Gasteiger partial charge in [-0.05, 0) is 102 Å². The first-order valence-corrected chi connectivity index (χ1v) is 27.2. The van der Waals surface area contributed by atoms with Crippen molar-refractivity contribution in [2.75, 3.05) is 118 Å². The molecule has 0 aliphatic rings. The Morgan fingerprint density at radius 1 is 0.443 bits per heavy atom. The molecule has 0 radical (unpaired) electrons. The fourth-order valence-corrected chi connectivity index (χ4v) is 5.91. The van der Waals surface area contributed by atoms with E-state index in [9.17, 15) is 33.9 Å². The van der Waals surface area contributed by atoms with Crippen LogP contribution in [0.1, 0.15) is 153 Å². The zero-order chi connectivity index (χ0) is 64.8. The Morgan fingerprint density at radius 2 is 0.785 bits per heavy atom. The smallest absolute Gasteiger partial charge is 0.254 e. The largest absolute Gasteiger partial charge is 0.395 e. The normalized spacial score (nSPS) is 10.4. The van der Waals surface area contributed by atoms with Crippen LogP contribution in [0.5, 0.6) is 0 Å². The van der Waals surface area contributed by atoms with Crippen molar-refractivity contribution in [1.29, 1.82) is 0 Å². The minimum atomic E-state index is -1.19. The van der Waals surface area contributed by atoms with Crippen LogP contribution in [-0.4, -0.2) is 230 Å². The summed E-state index contributed by atoms with van der Waals surface area (Å²) in [5.74, 6) is -0.312. The van der Waals surface area contributed by atoms with Crippen LogP contribution in [0.4, 0.5) is 11.4 Å². The van der Waals surface area contributed by atoms with E-state index in [1.54, 1.807) is 28.1 Å². The number of carbonyl (C=O) groups is 6. The third kappa shape index (κ3) is 45.6. The summed E-state index contributed by atoms with van der Waals surface area (Å²) in [5.41, 5.74) is 10.2. The first-order valence-electron chi connectivity index (χ1n) is 27.2. The molecule has 0 saturated carbocycles. The molecular formula is C57H116N6O16. The molecule has 22 heteroatoms. The Balaban J connectivity index is -0.0000000963. The Kier molecular flexibility index (Phi) is 86.9. The Hall–Kier alpha value is -4.82. The van der Waals surface area contributed by atoms with Gasteiger partial charge in [-0.1, -0.05) is 83.1 Å². The van der Waals surface area contributed by atoms with Gasteiger partial charge in [0.25, 0.3) is 5.91 Å². The van der Waals surface area contributed by atoms with Gasteiger partial charge in [-0.15, -0.1) is 0 Å². The molecule has 2 aromatic rings. The zero-order valence-electron chi connectivity index (χ0n) is 53.0. The number of amides is 2. The van der Waals surface area contributed by atoms with Crippen LogP contribution in [0.15, 0.2) is 0 Å². The Morgan fingerprint density at radius 3 is 1.03 bits per heavy atom. The lowest BCUT2D eigenvalue weighted by molar-refractivity contribution is -0.119. The van der Waals surface area contributed by atoms with Crippen LogP contribution >= 0.6 is 0 Å². The topological polar surface area (TPSA) is 359 Å². The van der Waals surface area contributed by atoms with Crippen molar-refractivity contribution < 1.29 is 79.8 Å². The molecule has 0 aliphatic carbocycles. The van der Waals surface area contributed by atoms with Gasteiger partial charge in [-0.25, -0.2) is 0 Å². The molecular weight excluding hydrogens is 1020 g/mol. The van der Waals surface area contributed by atoms with Crippen molar-refractivity contribution in [2.45, 2.75) is 156 Å². The zero-order valence-corrected chi connectivity index (χ0v) is 53.0. The van der Waals surface area contributed by atoms with Gasteiger partial charge in [0.05, 0.1) is 51.8 Å². The summed E-state index contributed by atoms with van der Waals surface area (Å²) >= 11 is 0. The van der Waals surface area contributed by atoms with Crippen molar-refractivity contribution in [3.8, 4) is 0 Å². The maximum Gasteiger partial charge on any atom is 0.254 e. The van der Waals surface area contributed by atoms with Crippen LogP contribution in [-0.2, 0) is 14.4 Å². The van der Waals surface area contributed by atoms with E-state index >= 15 is 0 Å². The highest BCUT2D eigenvalue weighted by Crippen LogP contribution is 2.31. The van der Waals surface area contributed by atoms with Gasteiger partial charge in [0, 0.05) is 81.4 Å². The number of benzene rings is 2. The van der Waals surface area contributed by atoms with E-state index < -0.39 is 37.6 Å². The molecule has 14 N–H and O–H groups in total. The molecule has 2 rings (SSSR count). The highest BCUT2D eigenvalue weighted by Gasteiger charge is 2.25. The van der Waals surface area contributed by atoms with Crippen LogP contribution in [0.25, 0.3) is 0 Å². The standard InChI is InChI=1S/C19H29N3O5.C12H17NO.2C4H11NO2.2C3H6O3.6C2H6/c1-13-16(11-25)14(2)18(20-4)15(3)17(13)19(27)22(8-10-24)6-5-21(12-26)7-9-23;1-7-8(2)11(6-14)10(4)12(13-5)9(7)3;2*1-5-2-4(7)3-6;2*4-1-3(6)2-5;6*1-2/h11-12,20,23-24H,5-10H2,1-4H3;6,13H,1-5H3;2*4-7H,2-3H2,1H3;2*1,3,5-6H,2H2;6*1-2H3. The predicted octanol–water partition coefficient (Wildman–Crippen LogP) is 3.48. The second kappa shape index (κ2) is 71.2. The van der Waals surface area contributed by atoms with E-state index in [4.69, 9.17) is 46.0 Å². The molecule has 470 valence electrons. The highest BCUT2D eigenvalue weighted by atomic mass is 16.3. The Bertz CT molecular complexity index is 1700. The second-order valence-electron chi connectivity index (χ2n) is 14.5. The summed E-state index contributed by atoms with van der Waals surface area (Å²) in [4.78, 5) is 68.2. The number of likely N-dealkylation sites (N-methyl/N-ethyl adjacent to an activating group) is 2. The number of aliphatic hydroxyl groups is 10. The van der Waals surface area contributed by atoms with Gasteiger partial charge < -0.3 is 91.7 Å². The minimum Gasteiger partial charge on any atom is -0.395 e. The van der Waals surface area contributed by atoms with Gasteiger partial charge in [0.1, 0.15) is 12.2 Å². The molecule has 0 spiro atoms. The number of nitrogens with one attached hydrogen (secondary N) is 4.